The molecule has 0 N–H and O–H groups in total. The molecule has 0 aromatic carbocycles. The molecule has 0 radical (unpaired) electrons. The van der Waals surface area contributed by atoms with Crippen molar-refractivity contribution < 1.29 is 4.74 Å². The van der Waals surface area contributed by atoms with Crippen LogP contribution in [0.3, 0.4) is 0 Å². The van der Waals surface area contributed by atoms with Gasteiger partial charge in [0.2, 0.25) is 0 Å². The van der Waals surface area contributed by atoms with Crippen LogP contribution in [0.25, 0.3) is 0 Å². The summed E-state index contributed by atoms with van der Waals surface area (Å²) in [5, 5.41) is 1.81. The number of hydrogen-bond donors (Lipinski definition) is 0. The molecule has 1 nitrogen and oxygen atoms in total. The SMILES string of the molecule is CC(CBr)OC(C)CBr. The van der Waals surface area contributed by atoms with Gasteiger partial charge >= 0.3 is 0 Å². The third-order valence-corrected chi connectivity index (χ3v) is 2.72. The highest BCUT2D eigenvalue weighted by Crippen LogP contribution is 2.02. The zero-order chi connectivity index (χ0) is 7.28. The second kappa shape index (κ2) is 5.69. The Morgan fingerprint density at radius 3 is 1.67 bits per heavy atom. The fourth-order valence-electron chi connectivity index (χ4n) is 0.469. The molecular weight excluding hydrogens is 248 g/mol. The molecule has 0 aromatic rings. The number of rotatable bonds is 4. The Balaban J connectivity index is 3.22. The highest BCUT2D eigenvalue weighted by molar-refractivity contribution is 9.09. The summed E-state index contributed by atoms with van der Waals surface area (Å²) in [5.74, 6) is 0. The molecule has 3 heteroatoms. The number of halogens is 2. The van der Waals surface area contributed by atoms with E-state index in [4.69, 9.17) is 4.74 Å². The largest absolute Gasteiger partial charge is 0.374 e. The number of ether oxygens (including phenoxy) is 1. The lowest BCUT2D eigenvalue weighted by Gasteiger charge is -2.14. The first-order valence-corrected chi connectivity index (χ1v) is 5.22. The van der Waals surface area contributed by atoms with Crippen LogP contribution in [0, 0.1) is 0 Å². The van der Waals surface area contributed by atoms with Crippen LogP contribution in [0.5, 0.6) is 0 Å². The molecule has 9 heavy (non-hydrogen) atoms. The van der Waals surface area contributed by atoms with Crippen LogP contribution in [0.4, 0.5) is 0 Å². The summed E-state index contributed by atoms with van der Waals surface area (Å²) in [4.78, 5) is 0. The predicted molar refractivity (Wildman–Crippen MR) is 47.6 cm³/mol. The van der Waals surface area contributed by atoms with Gasteiger partial charge in [-0.3, -0.25) is 0 Å². The summed E-state index contributed by atoms with van der Waals surface area (Å²) in [6.07, 6.45) is 0.634. The first kappa shape index (κ1) is 9.92. The molecule has 0 rings (SSSR count). The molecule has 0 spiro atoms. The minimum atomic E-state index is 0.317. The van der Waals surface area contributed by atoms with E-state index in [1.54, 1.807) is 0 Å². The van der Waals surface area contributed by atoms with Gasteiger partial charge in [0.15, 0.2) is 0 Å². The topological polar surface area (TPSA) is 9.23 Å². The van der Waals surface area contributed by atoms with E-state index in [-0.39, 0.29) is 0 Å². The highest BCUT2D eigenvalue weighted by Gasteiger charge is 2.04. The van der Waals surface area contributed by atoms with Crippen molar-refractivity contribution in [3.8, 4) is 0 Å². The molecule has 0 heterocycles. The second-order valence-electron chi connectivity index (χ2n) is 2.07. The average Bonchev–Trinajstić information content (AvgIpc) is 1.87. The van der Waals surface area contributed by atoms with Crippen LogP contribution in [-0.2, 0) is 4.74 Å². The van der Waals surface area contributed by atoms with Gasteiger partial charge < -0.3 is 4.74 Å². The maximum atomic E-state index is 5.45. The Morgan fingerprint density at radius 1 is 1.11 bits per heavy atom. The van der Waals surface area contributed by atoms with Gasteiger partial charge in [-0.2, -0.15) is 0 Å². The van der Waals surface area contributed by atoms with Crippen molar-refractivity contribution in [2.75, 3.05) is 10.7 Å². The van der Waals surface area contributed by atoms with Crippen LogP contribution in [0.15, 0.2) is 0 Å². The number of hydrogen-bond acceptors (Lipinski definition) is 1. The molecule has 2 atom stereocenters. The monoisotopic (exact) mass is 258 g/mol. The fraction of sp³-hybridized carbons (Fsp3) is 1.00. The maximum Gasteiger partial charge on any atom is 0.0647 e. The normalized spacial score (nSPS) is 17.3. The van der Waals surface area contributed by atoms with Crippen molar-refractivity contribution in [1.82, 2.24) is 0 Å². The van der Waals surface area contributed by atoms with Crippen molar-refractivity contribution in [2.45, 2.75) is 26.1 Å². The summed E-state index contributed by atoms with van der Waals surface area (Å²) in [6, 6.07) is 0. The Labute approximate surface area is 73.4 Å². The van der Waals surface area contributed by atoms with E-state index >= 15 is 0 Å². The lowest BCUT2D eigenvalue weighted by Crippen LogP contribution is -2.18. The molecule has 0 amide bonds. The van der Waals surface area contributed by atoms with Crippen molar-refractivity contribution in [2.24, 2.45) is 0 Å². The van der Waals surface area contributed by atoms with E-state index in [1.165, 1.54) is 0 Å². The zero-order valence-electron chi connectivity index (χ0n) is 5.73. The van der Waals surface area contributed by atoms with Crippen LogP contribution in [0.2, 0.25) is 0 Å². The molecular formula is C6H12Br2O. The Hall–Kier alpha value is 0.920. The van der Waals surface area contributed by atoms with E-state index in [2.05, 4.69) is 31.9 Å². The molecule has 0 aliphatic rings. The zero-order valence-corrected chi connectivity index (χ0v) is 8.91. The van der Waals surface area contributed by atoms with E-state index in [0.29, 0.717) is 12.2 Å². The van der Waals surface area contributed by atoms with E-state index in [1.807, 2.05) is 13.8 Å². The van der Waals surface area contributed by atoms with Gasteiger partial charge in [-0.25, -0.2) is 0 Å². The van der Waals surface area contributed by atoms with Crippen LogP contribution in [-0.4, -0.2) is 22.9 Å². The Morgan fingerprint density at radius 2 is 1.44 bits per heavy atom. The first-order chi connectivity index (χ1) is 4.20. The van der Waals surface area contributed by atoms with Crippen molar-refractivity contribution in [3.63, 3.8) is 0 Å². The molecule has 2 unspecified atom stereocenters. The molecule has 0 saturated carbocycles. The van der Waals surface area contributed by atoms with Gasteiger partial charge in [-0.15, -0.1) is 0 Å². The third kappa shape index (κ3) is 5.37. The van der Waals surface area contributed by atoms with Crippen molar-refractivity contribution >= 4 is 31.9 Å². The summed E-state index contributed by atoms with van der Waals surface area (Å²) < 4.78 is 5.45. The number of alkyl halides is 2. The summed E-state index contributed by atoms with van der Waals surface area (Å²) in [5.41, 5.74) is 0. The van der Waals surface area contributed by atoms with E-state index < -0.39 is 0 Å². The maximum absolute atomic E-state index is 5.45. The summed E-state index contributed by atoms with van der Waals surface area (Å²) in [6.45, 7) is 4.10. The molecule has 0 fully saturated rings. The van der Waals surface area contributed by atoms with E-state index in [0.717, 1.165) is 10.7 Å². The van der Waals surface area contributed by atoms with Gasteiger partial charge in [-0.1, -0.05) is 31.9 Å². The summed E-state index contributed by atoms with van der Waals surface area (Å²) >= 11 is 6.66. The first-order valence-electron chi connectivity index (χ1n) is 2.98. The third-order valence-electron chi connectivity index (χ3n) is 0.899. The standard InChI is InChI=1S/C6H12Br2O/c1-5(3-7)9-6(2)4-8/h5-6H,3-4H2,1-2H3. The van der Waals surface area contributed by atoms with Crippen molar-refractivity contribution in [1.29, 1.82) is 0 Å². The van der Waals surface area contributed by atoms with Gasteiger partial charge in [-0.05, 0) is 13.8 Å². The molecule has 56 valence electrons. The molecule has 0 aliphatic heterocycles. The fourth-order valence-corrected chi connectivity index (χ4v) is 0.775. The highest BCUT2D eigenvalue weighted by atomic mass is 79.9. The summed E-state index contributed by atoms with van der Waals surface area (Å²) in [7, 11) is 0. The average molecular weight is 260 g/mol. The van der Waals surface area contributed by atoms with Gasteiger partial charge in [0.1, 0.15) is 0 Å². The van der Waals surface area contributed by atoms with E-state index in [9.17, 15) is 0 Å². The minimum absolute atomic E-state index is 0.317. The Bertz CT molecular complexity index is 60.1. The molecule has 0 saturated heterocycles. The lowest BCUT2D eigenvalue weighted by atomic mass is 10.4. The van der Waals surface area contributed by atoms with Gasteiger partial charge in [0.05, 0.1) is 12.2 Å². The van der Waals surface area contributed by atoms with Gasteiger partial charge in [0, 0.05) is 10.7 Å². The van der Waals surface area contributed by atoms with Crippen LogP contribution < -0.4 is 0 Å². The lowest BCUT2D eigenvalue weighted by molar-refractivity contribution is 0.0368. The minimum Gasteiger partial charge on any atom is -0.374 e. The molecule has 0 aromatic heterocycles. The van der Waals surface area contributed by atoms with Gasteiger partial charge in [0.25, 0.3) is 0 Å². The van der Waals surface area contributed by atoms with Crippen LogP contribution in [0.1, 0.15) is 13.8 Å². The predicted octanol–water partition coefficient (Wildman–Crippen LogP) is 2.57. The quantitative estimate of drug-likeness (QED) is 0.706. The molecule has 0 bridgehead atoms. The van der Waals surface area contributed by atoms with Crippen molar-refractivity contribution in [3.05, 3.63) is 0 Å². The van der Waals surface area contributed by atoms with Crippen LogP contribution >= 0.6 is 31.9 Å². The Kier molecular flexibility index (Phi) is 6.27. The molecule has 0 aliphatic carbocycles. The second-order valence-corrected chi connectivity index (χ2v) is 3.36. The smallest absolute Gasteiger partial charge is 0.0647 e.